The predicted octanol–water partition coefficient (Wildman–Crippen LogP) is 4.14. The Bertz CT molecular complexity index is 521. The zero-order valence-corrected chi connectivity index (χ0v) is 13.0. The molecule has 2 nitrogen and oxygen atoms in total. The minimum atomic E-state index is -0.332. The summed E-state index contributed by atoms with van der Waals surface area (Å²) < 4.78 is 24.9. The molecule has 0 radical (unpaired) electrons. The second-order valence-corrected chi connectivity index (χ2v) is 5.56. The Hall–Kier alpha value is -1.24. The van der Waals surface area contributed by atoms with Gasteiger partial charge >= 0.3 is 0 Å². The highest BCUT2D eigenvalue weighted by atomic mass is 35.5. The standard InChI is InChI=1S/C17H20ClFO2/c1-20-15-6-4-7-16(12-15)21-17-10-13(5-2-3-8-18)9-14(19)11-17/h9-11,15-16H,3-4,6-8,12H2,1H3. The summed E-state index contributed by atoms with van der Waals surface area (Å²) in [5.41, 5.74) is 0.620. The Morgan fingerprint density at radius 2 is 2.10 bits per heavy atom. The van der Waals surface area contributed by atoms with Crippen molar-refractivity contribution in [1.29, 1.82) is 0 Å². The average Bonchev–Trinajstić information content (AvgIpc) is 2.47. The topological polar surface area (TPSA) is 18.5 Å². The van der Waals surface area contributed by atoms with Crippen LogP contribution < -0.4 is 4.74 Å². The smallest absolute Gasteiger partial charge is 0.128 e. The van der Waals surface area contributed by atoms with E-state index in [0.29, 0.717) is 23.6 Å². The third-order valence-corrected chi connectivity index (χ3v) is 3.73. The molecule has 1 aromatic carbocycles. The number of alkyl halides is 1. The highest BCUT2D eigenvalue weighted by Gasteiger charge is 2.23. The van der Waals surface area contributed by atoms with E-state index in [2.05, 4.69) is 11.8 Å². The van der Waals surface area contributed by atoms with Crippen LogP contribution in [0.2, 0.25) is 0 Å². The Kier molecular flexibility index (Phi) is 6.35. The van der Waals surface area contributed by atoms with E-state index in [4.69, 9.17) is 21.1 Å². The third kappa shape index (κ3) is 5.22. The summed E-state index contributed by atoms with van der Waals surface area (Å²) in [7, 11) is 1.72. The Balaban J connectivity index is 2.04. The van der Waals surface area contributed by atoms with E-state index < -0.39 is 0 Å². The summed E-state index contributed by atoms with van der Waals surface area (Å²) >= 11 is 5.57. The van der Waals surface area contributed by atoms with Gasteiger partial charge in [-0.05, 0) is 31.4 Å². The van der Waals surface area contributed by atoms with Crippen LogP contribution >= 0.6 is 11.6 Å². The maximum atomic E-state index is 13.6. The van der Waals surface area contributed by atoms with Crippen LogP contribution in [0.3, 0.4) is 0 Å². The lowest BCUT2D eigenvalue weighted by Gasteiger charge is -2.28. The van der Waals surface area contributed by atoms with Gasteiger partial charge in [0.05, 0.1) is 6.10 Å². The number of hydrogen-bond donors (Lipinski definition) is 0. The van der Waals surface area contributed by atoms with E-state index in [9.17, 15) is 4.39 Å². The molecule has 0 heterocycles. The van der Waals surface area contributed by atoms with Crippen molar-refractivity contribution in [3.8, 4) is 17.6 Å². The van der Waals surface area contributed by atoms with Crippen molar-refractivity contribution in [3.63, 3.8) is 0 Å². The van der Waals surface area contributed by atoms with Gasteiger partial charge in [0, 0.05) is 37.5 Å². The van der Waals surface area contributed by atoms with Gasteiger partial charge in [-0.2, -0.15) is 0 Å². The summed E-state index contributed by atoms with van der Waals surface area (Å²) in [5, 5.41) is 0. The van der Waals surface area contributed by atoms with E-state index in [1.54, 1.807) is 13.2 Å². The van der Waals surface area contributed by atoms with Gasteiger partial charge in [0.15, 0.2) is 0 Å². The lowest BCUT2D eigenvalue weighted by Crippen LogP contribution is -2.29. The normalized spacial score (nSPS) is 21.5. The number of ether oxygens (including phenoxy) is 2. The van der Waals surface area contributed by atoms with Gasteiger partial charge in [0.25, 0.3) is 0 Å². The maximum Gasteiger partial charge on any atom is 0.128 e. The molecule has 2 atom stereocenters. The third-order valence-electron chi connectivity index (χ3n) is 3.54. The minimum Gasteiger partial charge on any atom is -0.490 e. The fourth-order valence-electron chi connectivity index (χ4n) is 2.53. The molecule has 21 heavy (non-hydrogen) atoms. The van der Waals surface area contributed by atoms with E-state index >= 15 is 0 Å². The van der Waals surface area contributed by atoms with Crippen LogP contribution in [0, 0.1) is 17.7 Å². The minimum absolute atomic E-state index is 0.0779. The molecule has 1 aliphatic rings. The zero-order chi connectivity index (χ0) is 15.1. The zero-order valence-electron chi connectivity index (χ0n) is 12.2. The molecule has 1 aliphatic carbocycles. The van der Waals surface area contributed by atoms with Crippen LogP contribution in [0.5, 0.6) is 5.75 Å². The van der Waals surface area contributed by atoms with Gasteiger partial charge in [-0.3, -0.25) is 0 Å². The molecule has 0 N–H and O–H groups in total. The van der Waals surface area contributed by atoms with Gasteiger partial charge in [-0.15, -0.1) is 11.6 Å². The first kappa shape index (κ1) is 16.1. The fourth-order valence-corrected chi connectivity index (χ4v) is 2.62. The lowest BCUT2D eigenvalue weighted by molar-refractivity contribution is 0.0209. The van der Waals surface area contributed by atoms with Gasteiger partial charge in [-0.25, -0.2) is 4.39 Å². The molecule has 1 fully saturated rings. The van der Waals surface area contributed by atoms with Crippen molar-refractivity contribution in [2.24, 2.45) is 0 Å². The quantitative estimate of drug-likeness (QED) is 0.614. The molecule has 4 heteroatoms. The average molecular weight is 311 g/mol. The van der Waals surface area contributed by atoms with Crippen molar-refractivity contribution in [3.05, 3.63) is 29.6 Å². The fraction of sp³-hybridized carbons (Fsp3) is 0.529. The van der Waals surface area contributed by atoms with E-state index in [-0.39, 0.29) is 18.0 Å². The summed E-state index contributed by atoms with van der Waals surface area (Å²) in [4.78, 5) is 0. The maximum absolute atomic E-state index is 13.6. The summed E-state index contributed by atoms with van der Waals surface area (Å²) in [6, 6.07) is 4.59. The van der Waals surface area contributed by atoms with Crippen LogP contribution in [0.1, 0.15) is 37.7 Å². The first-order valence-electron chi connectivity index (χ1n) is 7.26. The first-order chi connectivity index (χ1) is 10.2. The summed E-state index contributed by atoms with van der Waals surface area (Å²) in [6.45, 7) is 0. The molecule has 114 valence electrons. The van der Waals surface area contributed by atoms with Crippen molar-refractivity contribution < 1.29 is 13.9 Å². The molecule has 2 unspecified atom stereocenters. The first-order valence-corrected chi connectivity index (χ1v) is 7.79. The molecule has 0 bridgehead atoms. The molecule has 1 aromatic rings. The van der Waals surface area contributed by atoms with Crippen LogP contribution in [0.15, 0.2) is 18.2 Å². The SMILES string of the molecule is COC1CCCC(Oc2cc(F)cc(C#CCCCl)c2)C1. The van der Waals surface area contributed by atoms with Crippen LogP contribution in [0.25, 0.3) is 0 Å². The molecule has 0 saturated heterocycles. The van der Waals surface area contributed by atoms with Crippen LogP contribution in [-0.2, 0) is 4.74 Å². The molecule has 1 saturated carbocycles. The molecular formula is C17H20ClFO2. The van der Waals surface area contributed by atoms with Gasteiger partial charge in [0.2, 0.25) is 0 Å². The molecule has 0 aromatic heterocycles. The number of hydrogen-bond acceptors (Lipinski definition) is 2. The lowest BCUT2D eigenvalue weighted by atomic mass is 9.95. The van der Waals surface area contributed by atoms with E-state index in [1.807, 2.05) is 0 Å². The predicted molar refractivity (Wildman–Crippen MR) is 82.3 cm³/mol. The molecule has 0 spiro atoms. The van der Waals surface area contributed by atoms with E-state index in [1.165, 1.54) is 12.1 Å². The van der Waals surface area contributed by atoms with Gasteiger partial charge < -0.3 is 9.47 Å². The number of rotatable bonds is 4. The van der Waals surface area contributed by atoms with E-state index in [0.717, 1.165) is 25.7 Å². The largest absolute Gasteiger partial charge is 0.490 e. The molecule has 0 amide bonds. The second kappa shape index (κ2) is 8.26. The molecule has 2 rings (SSSR count). The summed E-state index contributed by atoms with van der Waals surface area (Å²) in [6.07, 6.45) is 4.86. The van der Waals surface area contributed by atoms with Crippen molar-refractivity contribution in [2.75, 3.05) is 13.0 Å². The second-order valence-electron chi connectivity index (χ2n) is 5.18. The Morgan fingerprint density at radius 3 is 2.86 bits per heavy atom. The monoisotopic (exact) mass is 310 g/mol. The molecule has 0 aliphatic heterocycles. The summed E-state index contributed by atoms with van der Waals surface area (Å²) in [5.74, 6) is 6.49. The Labute approximate surface area is 130 Å². The Morgan fingerprint density at radius 1 is 1.29 bits per heavy atom. The number of methoxy groups -OCH3 is 1. The van der Waals surface area contributed by atoms with Crippen molar-refractivity contribution in [2.45, 2.75) is 44.3 Å². The molecular weight excluding hydrogens is 291 g/mol. The highest BCUT2D eigenvalue weighted by molar-refractivity contribution is 6.18. The van der Waals surface area contributed by atoms with Crippen LogP contribution in [0.4, 0.5) is 4.39 Å². The number of halogens is 2. The van der Waals surface area contributed by atoms with Crippen LogP contribution in [-0.4, -0.2) is 25.2 Å². The number of benzene rings is 1. The van der Waals surface area contributed by atoms with Gasteiger partial charge in [-0.1, -0.05) is 11.8 Å². The van der Waals surface area contributed by atoms with Crippen molar-refractivity contribution in [1.82, 2.24) is 0 Å². The highest BCUT2D eigenvalue weighted by Crippen LogP contribution is 2.26. The van der Waals surface area contributed by atoms with Crippen molar-refractivity contribution >= 4 is 11.6 Å². The van der Waals surface area contributed by atoms with Gasteiger partial charge in [0.1, 0.15) is 17.7 Å².